The van der Waals surface area contributed by atoms with E-state index in [-0.39, 0.29) is 5.56 Å². The third kappa shape index (κ3) is 3.24. The number of rotatable bonds is 5. The van der Waals surface area contributed by atoms with Gasteiger partial charge in [0, 0.05) is 16.8 Å². The predicted octanol–water partition coefficient (Wildman–Crippen LogP) is 0.798. The van der Waals surface area contributed by atoms with Crippen LogP contribution in [0, 0.1) is 6.92 Å². The van der Waals surface area contributed by atoms with Crippen LogP contribution >= 0.6 is 0 Å². The zero-order valence-corrected chi connectivity index (χ0v) is 12.0. The number of pyridine rings is 1. The van der Waals surface area contributed by atoms with E-state index in [0.29, 0.717) is 0 Å². The first-order valence-electron chi connectivity index (χ1n) is 6.65. The second kappa shape index (κ2) is 5.88. The number of likely N-dealkylation sites (N-methyl/N-ethyl adjacent to an activating group) is 1. The maximum atomic E-state index is 11.1. The molecule has 0 saturated heterocycles. The minimum atomic E-state index is -0.920. The summed E-state index contributed by atoms with van der Waals surface area (Å²) in [5.74, 6) is -0.920. The molecule has 106 valence electrons. The number of carboxylic acids is 1. The van der Waals surface area contributed by atoms with Gasteiger partial charge in [-0.1, -0.05) is 0 Å². The van der Waals surface area contributed by atoms with Crippen molar-refractivity contribution in [2.45, 2.75) is 6.92 Å². The normalized spacial score (nSPS) is 11.0. The molecule has 0 spiro atoms. The fourth-order valence-electron chi connectivity index (χ4n) is 2.08. The summed E-state index contributed by atoms with van der Waals surface area (Å²) in [6, 6.07) is 6.98. The van der Waals surface area contributed by atoms with Crippen LogP contribution in [0.4, 0.5) is 5.69 Å². The lowest BCUT2D eigenvalue weighted by molar-refractivity contribution is -0.856. The molecule has 0 amide bonds. The van der Waals surface area contributed by atoms with Crippen molar-refractivity contribution in [1.29, 1.82) is 0 Å². The molecule has 0 saturated carbocycles. The second-order valence-corrected chi connectivity index (χ2v) is 5.23. The van der Waals surface area contributed by atoms with Crippen LogP contribution in [0.2, 0.25) is 0 Å². The molecule has 1 aromatic carbocycles. The molecule has 0 aliphatic heterocycles. The molecule has 0 radical (unpaired) electrons. The molecule has 0 aliphatic rings. The Bertz CT molecular complexity index is 638. The minimum Gasteiger partial charge on any atom is -0.478 e. The van der Waals surface area contributed by atoms with E-state index in [9.17, 15) is 4.79 Å². The highest BCUT2D eigenvalue weighted by atomic mass is 16.4. The van der Waals surface area contributed by atoms with Gasteiger partial charge in [-0.3, -0.25) is 4.98 Å². The van der Waals surface area contributed by atoms with Gasteiger partial charge < -0.3 is 15.3 Å². The van der Waals surface area contributed by atoms with Crippen LogP contribution in [-0.2, 0) is 0 Å². The Morgan fingerprint density at radius 2 is 2.10 bits per heavy atom. The van der Waals surface area contributed by atoms with Gasteiger partial charge >= 0.3 is 5.97 Å². The molecule has 0 fully saturated rings. The van der Waals surface area contributed by atoms with E-state index in [1.165, 1.54) is 4.90 Å². The van der Waals surface area contributed by atoms with Gasteiger partial charge in [-0.15, -0.1) is 0 Å². The number of aromatic carboxylic acids is 1. The number of hydrogen-bond donors (Lipinski definition) is 3. The molecule has 0 aliphatic carbocycles. The van der Waals surface area contributed by atoms with Crippen molar-refractivity contribution in [3.05, 3.63) is 35.5 Å². The van der Waals surface area contributed by atoms with E-state index in [2.05, 4.69) is 24.4 Å². The Morgan fingerprint density at radius 3 is 2.75 bits per heavy atom. The topological polar surface area (TPSA) is 66.7 Å². The number of aryl methyl sites for hydroxylation is 1. The molecule has 3 N–H and O–H groups in total. The highest BCUT2D eigenvalue weighted by Crippen LogP contribution is 2.24. The highest BCUT2D eigenvalue weighted by molar-refractivity contribution is 5.98. The van der Waals surface area contributed by atoms with Gasteiger partial charge in [0.05, 0.1) is 38.3 Å². The Morgan fingerprint density at radius 1 is 1.35 bits per heavy atom. The molecular formula is C15H20N3O2+. The van der Waals surface area contributed by atoms with Crippen LogP contribution < -0.4 is 10.2 Å². The van der Waals surface area contributed by atoms with E-state index >= 15 is 0 Å². The summed E-state index contributed by atoms with van der Waals surface area (Å²) < 4.78 is 0. The first-order valence-corrected chi connectivity index (χ1v) is 6.65. The van der Waals surface area contributed by atoms with Crippen molar-refractivity contribution in [2.75, 3.05) is 32.5 Å². The van der Waals surface area contributed by atoms with Crippen LogP contribution in [0.3, 0.4) is 0 Å². The molecule has 20 heavy (non-hydrogen) atoms. The Labute approximate surface area is 118 Å². The number of quaternary nitrogens is 1. The number of aromatic nitrogens is 1. The van der Waals surface area contributed by atoms with Crippen molar-refractivity contribution in [2.24, 2.45) is 0 Å². The Hall–Kier alpha value is -2.14. The van der Waals surface area contributed by atoms with E-state index in [0.717, 1.165) is 35.4 Å². The van der Waals surface area contributed by atoms with Crippen molar-refractivity contribution in [3.8, 4) is 0 Å². The zero-order valence-electron chi connectivity index (χ0n) is 12.0. The fourth-order valence-corrected chi connectivity index (χ4v) is 2.08. The van der Waals surface area contributed by atoms with Gasteiger partial charge in [0.2, 0.25) is 0 Å². The average molecular weight is 274 g/mol. The largest absolute Gasteiger partial charge is 0.478 e. The first-order chi connectivity index (χ1) is 9.47. The minimum absolute atomic E-state index is 0.282. The summed E-state index contributed by atoms with van der Waals surface area (Å²) in [4.78, 5) is 16.9. The Kier molecular flexibility index (Phi) is 4.20. The summed E-state index contributed by atoms with van der Waals surface area (Å²) in [5.41, 5.74) is 2.95. The third-order valence-electron chi connectivity index (χ3n) is 3.12. The summed E-state index contributed by atoms with van der Waals surface area (Å²) in [7, 11) is 4.19. The van der Waals surface area contributed by atoms with E-state index in [1.807, 2.05) is 13.0 Å². The van der Waals surface area contributed by atoms with Crippen LogP contribution in [-0.4, -0.2) is 43.2 Å². The number of anilines is 1. The number of carboxylic acid groups (broad SMARTS) is 1. The molecule has 1 heterocycles. The lowest BCUT2D eigenvalue weighted by Gasteiger charge is -2.12. The number of carbonyl (C=O) groups is 1. The molecule has 1 aromatic heterocycles. The summed E-state index contributed by atoms with van der Waals surface area (Å²) in [6.45, 7) is 3.76. The predicted molar refractivity (Wildman–Crippen MR) is 79.6 cm³/mol. The smallest absolute Gasteiger partial charge is 0.335 e. The van der Waals surface area contributed by atoms with Crippen molar-refractivity contribution in [3.63, 3.8) is 0 Å². The summed E-state index contributed by atoms with van der Waals surface area (Å²) in [5, 5.41) is 13.3. The van der Waals surface area contributed by atoms with Gasteiger partial charge in [0.15, 0.2) is 0 Å². The molecule has 2 aromatic rings. The second-order valence-electron chi connectivity index (χ2n) is 5.23. The first kappa shape index (κ1) is 14.3. The zero-order chi connectivity index (χ0) is 14.7. The van der Waals surface area contributed by atoms with E-state index in [4.69, 9.17) is 5.11 Å². The van der Waals surface area contributed by atoms with Gasteiger partial charge in [-0.2, -0.15) is 0 Å². The SMILES string of the molecule is Cc1cc(NCC[NH+](C)C)c2cc(C(=O)O)ccc2n1. The van der Waals surface area contributed by atoms with E-state index in [1.54, 1.807) is 18.2 Å². The lowest BCUT2D eigenvalue weighted by Crippen LogP contribution is -3.06. The molecule has 5 heteroatoms. The van der Waals surface area contributed by atoms with Crippen molar-refractivity contribution in [1.82, 2.24) is 4.98 Å². The molecule has 5 nitrogen and oxygen atoms in total. The maximum absolute atomic E-state index is 11.1. The van der Waals surface area contributed by atoms with Crippen LogP contribution in [0.25, 0.3) is 10.9 Å². The third-order valence-corrected chi connectivity index (χ3v) is 3.12. The van der Waals surface area contributed by atoms with Gasteiger partial charge in [0.25, 0.3) is 0 Å². The molecule has 2 rings (SSSR count). The number of nitrogens with one attached hydrogen (secondary N) is 2. The van der Waals surface area contributed by atoms with Crippen molar-refractivity contribution >= 4 is 22.6 Å². The van der Waals surface area contributed by atoms with Crippen LogP contribution in [0.5, 0.6) is 0 Å². The molecule has 0 bridgehead atoms. The van der Waals surface area contributed by atoms with Gasteiger partial charge in [0.1, 0.15) is 0 Å². The van der Waals surface area contributed by atoms with Gasteiger partial charge in [-0.05, 0) is 31.2 Å². The highest BCUT2D eigenvalue weighted by Gasteiger charge is 2.09. The number of fused-ring (bicyclic) bond motifs is 1. The van der Waals surface area contributed by atoms with E-state index < -0.39 is 5.97 Å². The quantitative estimate of drug-likeness (QED) is 0.754. The summed E-state index contributed by atoms with van der Waals surface area (Å²) >= 11 is 0. The number of nitrogens with zero attached hydrogens (tertiary/aromatic N) is 1. The Balaban J connectivity index is 2.39. The number of hydrogen-bond acceptors (Lipinski definition) is 3. The molecule has 0 atom stereocenters. The molecular weight excluding hydrogens is 254 g/mol. The average Bonchev–Trinajstić information content (AvgIpc) is 2.37. The summed E-state index contributed by atoms with van der Waals surface area (Å²) in [6.07, 6.45) is 0. The lowest BCUT2D eigenvalue weighted by atomic mass is 10.1. The maximum Gasteiger partial charge on any atom is 0.335 e. The number of benzene rings is 1. The van der Waals surface area contributed by atoms with Crippen molar-refractivity contribution < 1.29 is 14.8 Å². The fraction of sp³-hybridized carbons (Fsp3) is 0.333. The van der Waals surface area contributed by atoms with Crippen LogP contribution in [0.15, 0.2) is 24.3 Å². The standard InChI is InChI=1S/C15H19N3O2/c1-10-8-14(16-6-7-18(2)3)12-9-11(15(19)20)4-5-13(12)17-10/h4-5,8-9H,6-7H2,1-3H3,(H,16,17)(H,19,20)/p+1. The van der Waals surface area contributed by atoms with Gasteiger partial charge in [-0.25, -0.2) is 4.79 Å². The molecule has 0 unspecified atom stereocenters. The monoisotopic (exact) mass is 274 g/mol. The van der Waals surface area contributed by atoms with Crippen LogP contribution in [0.1, 0.15) is 16.1 Å².